The lowest BCUT2D eigenvalue weighted by Crippen LogP contribution is -2.50. The first-order valence-corrected chi connectivity index (χ1v) is 10.8. The Bertz CT molecular complexity index is 623. The van der Waals surface area contributed by atoms with Crippen molar-refractivity contribution >= 4 is 46.7 Å². The van der Waals surface area contributed by atoms with E-state index in [0.717, 1.165) is 24.3 Å². The molecule has 1 aliphatic carbocycles. The molecule has 5 heteroatoms. The molecule has 1 aliphatic heterocycles. The van der Waals surface area contributed by atoms with Gasteiger partial charge in [0.05, 0.1) is 0 Å². The molecule has 25 heavy (non-hydrogen) atoms. The quantitative estimate of drug-likeness (QED) is 0.491. The van der Waals surface area contributed by atoms with Crippen molar-refractivity contribution in [3.63, 3.8) is 0 Å². The summed E-state index contributed by atoms with van der Waals surface area (Å²) in [5.41, 5.74) is -0.290. The molecule has 138 valence electrons. The lowest BCUT2D eigenvalue weighted by Gasteiger charge is -2.45. The molecular formula is C20H28INOS2. The van der Waals surface area contributed by atoms with Crippen molar-refractivity contribution < 1.29 is 4.74 Å². The number of halogens is 1. The molecule has 1 saturated heterocycles. The lowest BCUT2D eigenvalue weighted by atomic mass is 9.79. The van der Waals surface area contributed by atoms with Crippen LogP contribution in [0.5, 0.6) is 0 Å². The molecule has 0 amide bonds. The number of likely N-dealkylation sites (tertiary alicyclic amines) is 1. The van der Waals surface area contributed by atoms with E-state index in [1.54, 1.807) is 0 Å². The number of rotatable bonds is 5. The second-order valence-corrected chi connectivity index (χ2v) is 9.40. The van der Waals surface area contributed by atoms with E-state index in [0.29, 0.717) is 6.04 Å². The zero-order chi connectivity index (χ0) is 16.7. The van der Waals surface area contributed by atoms with Gasteiger partial charge in [0.2, 0.25) is 0 Å². The van der Waals surface area contributed by atoms with Gasteiger partial charge in [-0.05, 0) is 61.0 Å². The Balaban J connectivity index is 0.00000182. The van der Waals surface area contributed by atoms with Crippen LogP contribution >= 0.6 is 46.7 Å². The van der Waals surface area contributed by atoms with Gasteiger partial charge in [-0.25, -0.2) is 0 Å². The molecule has 4 unspecified atom stereocenters. The summed E-state index contributed by atoms with van der Waals surface area (Å²) in [6.45, 7) is 2.46. The molecule has 2 aromatic heterocycles. The highest BCUT2D eigenvalue weighted by Crippen LogP contribution is 2.49. The van der Waals surface area contributed by atoms with E-state index in [1.807, 2.05) is 29.8 Å². The minimum atomic E-state index is -0.290. The monoisotopic (exact) mass is 489 g/mol. The average Bonchev–Trinajstić information content (AvgIpc) is 3.32. The first kappa shape index (κ1) is 19.8. The van der Waals surface area contributed by atoms with Crippen molar-refractivity contribution in [2.75, 3.05) is 14.2 Å². The Labute approximate surface area is 176 Å². The molecule has 2 bridgehead atoms. The summed E-state index contributed by atoms with van der Waals surface area (Å²) in [7, 11) is 4.23. The predicted octanol–water partition coefficient (Wildman–Crippen LogP) is 5.83. The summed E-state index contributed by atoms with van der Waals surface area (Å²) in [6.07, 6.45) is 5.15. The Morgan fingerprint density at radius 2 is 1.80 bits per heavy atom. The number of nitrogens with zero attached hydrogens (tertiary/aromatic N) is 1. The third-order valence-corrected chi connectivity index (χ3v) is 8.59. The topological polar surface area (TPSA) is 12.5 Å². The third kappa shape index (κ3) is 3.35. The van der Waals surface area contributed by atoms with Gasteiger partial charge < -0.3 is 9.64 Å². The number of fused-ring (bicyclic) bond motifs is 2. The summed E-state index contributed by atoms with van der Waals surface area (Å²) in [5, 5.41) is 4.35. The standard InChI is InChI=1S/C20H27NOS2.HI/c1-14-15-8-9-17(14)21(2)16(12-15)13-20(22-3,18-6-4-10-23-18)19-7-5-11-24-19;/h4-7,10-11,14-17H,8-9,12-13H2,1-3H3;1H. The van der Waals surface area contributed by atoms with Gasteiger partial charge in [-0.15, -0.1) is 46.7 Å². The average molecular weight is 489 g/mol. The minimum Gasteiger partial charge on any atom is -0.367 e. The van der Waals surface area contributed by atoms with E-state index >= 15 is 0 Å². The maximum Gasteiger partial charge on any atom is 0.137 e. The summed E-state index contributed by atoms with van der Waals surface area (Å²) in [6, 6.07) is 10.1. The van der Waals surface area contributed by atoms with Crippen molar-refractivity contribution in [1.82, 2.24) is 4.90 Å². The van der Waals surface area contributed by atoms with Crippen LogP contribution in [0.25, 0.3) is 0 Å². The van der Waals surface area contributed by atoms with Gasteiger partial charge in [-0.3, -0.25) is 0 Å². The van der Waals surface area contributed by atoms with Gasteiger partial charge in [-0.2, -0.15) is 0 Å². The molecule has 0 spiro atoms. The number of methoxy groups -OCH3 is 1. The summed E-state index contributed by atoms with van der Waals surface area (Å²) in [4.78, 5) is 5.35. The highest BCUT2D eigenvalue weighted by atomic mass is 127. The zero-order valence-corrected chi connectivity index (χ0v) is 19.1. The smallest absolute Gasteiger partial charge is 0.137 e. The van der Waals surface area contributed by atoms with Gasteiger partial charge in [0.25, 0.3) is 0 Å². The maximum atomic E-state index is 6.29. The highest BCUT2D eigenvalue weighted by molar-refractivity contribution is 14.0. The van der Waals surface area contributed by atoms with Crippen LogP contribution in [0, 0.1) is 11.8 Å². The first-order chi connectivity index (χ1) is 11.7. The molecule has 3 heterocycles. The highest BCUT2D eigenvalue weighted by Gasteiger charge is 2.47. The molecule has 1 saturated carbocycles. The predicted molar refractivity (Wildman–Crippen MR) is 118 cm³/mol. The fourth-order valence-electron chi connectivity index (χ4n) is 5.10. The summed E-state index contributed by atoms with van der Waals surface area (Å²) in [5.74, 6) is 1.75. The second-order valence-electron chi connectivity index (χ2n) is 7.51. The van der Waals surface area contributed by atoms with E-state index in [2.05, 4.69) is 53.9 Å². The molecule has 4 atom stereocenters. The first-order valence-electron chi connectivity index (χ1n) is 9.01. The molecule has 2 aromatic rings. The van der Waals surface area contributed by atoms with E-state index in [4.69, 9.17) is 4.74 Å². The van der Waals surface area contributed by atoms with Crippen LogP contribution in [-0.4, -0.2) is 31.1 Å². The number of hydrogen-bond donors (Lipinski definition) is 0. The zero-order valence-electron chi connectivity index (χ0n) is 15.2. The van der Waals surface area contributed by atoms with Crippen molar-refractivity contribution in [1.29, 1.82) is 0 Å². The van der Waals surface area contributed by atoms with Gasteiger partial charge >= 0.3 is 0 Å². The Hall–Kier alpha value is 0.0500. The van der Waals surface area contributed by atoms with Gasteiger partial charge in [0, 0.05) is 35.4 Å². The molecule has 2 fully saturated rings. The normalized spacial score (nSPS) is 29.6. The summed E-state index contributed by atoms with van der Waals surface area (Å²) < 4.78 is 6.29. The van der Waals surface area contributed by atoms with Gasteiger partial charge in [-0.1, -0.05) is 19.1 Å². The van der Waals surface area contributed by atoms with Crippen LogP contribution in [0.1, 0.15) is 42.4 Å². The largest absolute Gasteiger partial charge is 0.367 e. The molecule has 2 nitrogen and oxygen atoms in total. The van der Waals surface area contributed by atoms with Crippen molar-refractivity contribution in [3.05, 3.63) is 44.8 Å². The van der Waals surface area contributed by atoms with Crippen LogP contribution in [0.4, 0.5) is 0 Å². The van der Waals surface area contributed by atoms with Gasteiger partial charge in [0.15, 0.2) is 0 Å². The number of piperidine rings is 1. The van der Waals surface area contributed by atoms with Crippen molar-refractivity contribution in [2.45, 2.75) is 50.3 Å². The maximum absolute atomic E-state index is 6.29. The summed E-state index contributed by atoms with van der Waals surface area (Å²) >= 11 is 3.65. The molecule has 0 aromatic carbocycles. The van der Waals surface area contributed by atoms with Crippen molar-refractivity contribution in [2.24, 2.45) is 11.8 Å². The van der Waals surface area contributed by atoms with E-state index in [1.165, 1.54) is 29.0 Å². The van der Waals surface area contributed by atoms with E-state index < -0.39 is 0 Å². The van der Waals surface area contributed by atoms with Crippen LogP contribution in [0.3, 0.4) is 0 Å². The third-order valence-electron chi connectivity index (χ3n) is 6.57. The Morgan fingerprint density at radius 1 is 1.16 bits per heavy atom. The van der Waals surface area contributed by atoms with Crippen LogP contribution in [-0.2, 0) is 10.3 Å². The lowest BCUT2D eigenvalue weighted by molar-refractivity contribution is -0.0258. The number of hydrogen-bond acceptors (Lipinski definition) is 4. The number of thiophene rings is 2. The van der Waals surface area contributed by atoms with E-state index in [9.17, 15) is 0 Å². The van der Waals surface area contributed by atoms with Crippen LogP contribution < -0.4 is 0 Å². The molecular weight excluding hydrogens is 461 g/mol. The molecule has 4 rings (SSSR count). The van der Waals surface area contributed by atoms with E-state index in [-0.39, 0.29) is 29.6 Å². The Morgan fingerprint density at radius 3 is 2.32 bits per heavy atom. The Kier molecular flexibility index (Phi) is 6.31. The fraction of sp³-hybridized carbons (Fsp3) is 0.600. The van der Waals surface area contributed by atoms with Crippen LogP contribution in [0.15, 0.2) is 35.0 Å². The SMILES string of the molecule is COC(CC1CC2CCC(C2C)N1C)(c1cccs1)c1cccs1.I. The number of ether oxygens (including phenoxy) is 1. The molecule has 0 N–H and O–H groups in total. The second kappa shape index (κ2) is 7.97. The molecule has 0 radical (unpaired) electrons. The van der Waals surface area contributed by atoms with Gasteiger partial charge in [0.1, 0.15) is 5.60 Å². The minimum absolute atomic E-state index is 0. The molecule has 2 aliphatic rings. The van der Waals surface area contributed by atoms with Crippen molar-refractivity contribution in [3.8, 4) is 0 Å². The van der Waals surface area contributed by atoms with Crippen LogP contribution in [0.2, 0.25) is 0 Å². The fourth-order valence-corrected chi connectivity index (χ4v) is 7.02.